The van der Waals surface area contributed by atoms with Crippen LogP contribution < -0.4 is 4.72 Å². The molecule has 0 radical (unpaired) electrons. The number of aliphatic hydroxyl groups excluding tert-OH is 1. The minimum atomic E-state index is -3.58. The van der Waals surface area contributed by atoms with E-state index in [0.29, 0.717) is 10.6 Å². The lowest BCUT2D eigenvalue weighted by Gasteiger charge is -2.14. The van der Waals surface area contributed by atoms with Crippen LogP contribution in [0.25, 0.3) is 0 Å². The Balaban J connectivity index is 2.78. The maximum absolute atomic E-state index is 12.2. The highest BCUT2D eigenvalue weighted by Crippen LogP contribution is 2.20. The number of rotatable bonds is 8. The molecule has 1 aromatic rings. The smallest absolute Gasteiger partial charge is 0.240 e. The van der Waals surface area contributed by atoms with E-state index in [1.54, 1.807) is 11.8 Å². The molecule has 1 aromatic carbocycles. The number of halogens is 1. The molecule has 0 saturated heterocycles. The fourth-order valence-corrected chi connectivity index (χ4v) is 3.95. The van der Waals surface area contributed by atoms with Crippen molar-refractivity contribution in [2.45, 2.75) is 37.8 Å². The summed E-state index contributed by atoms with van der Waals surface area (Å²) in [4.78, 5) is 0.126. The van der Waals surface area contributed by atoms with Crippen LogP contribution in [0.15, 0.2) is 23.1 Å². The topological polar surface area (TPSA) is 66.4 Å². The highest BCUT2D eigenvalue weighted by atomic mass is 35.5. The molecule has 0 spiro atoms. The van der Waals surface area contributed by atoms with Gasteiger partial charge in [0.1, 0.15) is 0 Å². The molecule has 0 aliphatic carbocycles. The molecule has 0 aliphatic rings. The minimum Gasteiger partial charge on any atom is -0.392 e. The number of benzene rings is 1. The molecular formula is C13H20ClNO3S2. The SMILES string of the molecule is CCSCCC(C)NS(=O)(=O)c1ccc(Cl)c(CO)c1. The van der Waals surface area contributed by atoms with Crippen LogP contribution in [-0.2, 0) is 16.6 Å². The summed E-state index contributed by atoms with van der Waals surface area (Å²) in [7, 11) is -3.58. The number of sulfonamides is 1. The molecule has 0 saturated carbocycles. The van der Waals surface area contributed by atoms with E-state index in [4.69, 9.17) is 16.7 Å². The second-order valence-electron chi connectivity index (χ2n) is 4.42. The number of hydrogen-bond donors (Lipinski definition) is 2. The zero-order valence-electron chi connectivity index (χ0n) is 11.6. The molecule has 7 heteroatoms. The third-order valence-corrected chi connectivity index (χ3v) is 5.64. The van der Waals surface area contributed by atoms with Crippen LogP contribution in [0.2, 0.25) is 5.02 Å². The highest BCUT2D eigenvalue weighted by molar-refractivity contribution is 7.99. The summed E-state index contributed by atoms with van der Waals surface area (Å²) in [5.41, 5.74) is 0.406. The van der Waals surface area contributed by atoms with Gasteiger partial charge in [0.2, 0.25) is 10.0 Å². The van der Waals surface area contributed by atoms with Gasteiger partial charge in [-0.1, -0.05) is 18.5 Å². The monoisotopic (exact) mass is 337 g/mol. The molecule has 1 rings (SSSR count). The zero-order valence-corrected chi connectivity index (χ0v) is 14.0. The lowest BCUT2D eigenvalue weighted by molar-refractivity contribution is 0.281. The number of aliphatic hydroxyl groups is 1. The first-order valence-electron chi connectivity index (χ1n) is 6.40. The predicted octanol–water partition coefficient (Wildman–Crippen LogP) is 2.64. The van der Waals surface area contributed by atoms with E-state index in [0.717, 1.165) is 17.9 Å². The van der Waals surface area contributed by atoms with Crippen molar-refractivity contribution < 1.29 is 13.5 Å². The average molecular weight is 338 g/mol. The van der Waals surface area contributed by atoms with E-state index in [-0.39, 0.29) is 17.5 Å². The fourth-order valence-electron chi connectivity index (χ4n) is 1.64. The van der Waals surface area contributed by atoms with Gasteiger partial charge in [-0.2, -0.15) is 11.8 Å². The Labute approximate surface area is 130 Å². The first-order chi connectivity index (χ1) is 9.40. The Morgan fingerprint density at radius 1 is 1.45 bits per heavy atom. The molecule has 0 aromatic heterocycles. The number of nitrogens with one attached hydrogen (secondary N) is 1. The molecule has 0 heterocycles. The van der Waals surface area contributed by atoms with Crippen LogP contribution >= 0.6 is 23.4 Å². The Morgan fingerprint density at radius 3 is 2.75 bits per heavy atom. The van der Waals surface area contributed by atoms with Gasteiger partial charge in [0.15, 0.2) is 0 Å². The van der Waals surface area contributed by atoms with Crippen molar-refractivity contribution in [1.29, 1.82) is 0 Å². The predicted molar refractivity (Wildman–Crippen MR) is 84.8 cm³/mol. The van der Waals surface area contributed by atoms with E-state index in [1.165, 1.54) is 18.2 Å². The first-order valence-corrected chi connectivity index (χ1v) is 9.41. The average Bonchev–Trinajstić information content (AvgIpc) is 2.38. The maximum Gasteiger partial charge on any atom is 0.240 e. The maximum atomic E-state index is 12.2. The van der Waals surface area contributed by atoms with Gasteiger partial charge >= 0.3 is 0 Å². The van der Waals surface area contributed by atoms with Gasteiger partial charge < -0.3 is 5.11 Å². The van der Waals surface area contributed by atoms with Gasteiger partial charge in [-0.15, -0.1) is 0 Å². The zero-order chi connectivity index (χ0) is 15.2. The first kappa shape index (κ1) is 17.8. The molecule has 0 aliphatic heterocycles. The Bertz CT molecular complexity index is 534. The van der Waals surface area contributed by atoms with Gasteiger partial charge in [0, 0.05) is 11.1 Å². The Kier molecular flexibility index (Phi) is 7.33. The van der Waals surface area contributed by atoms with Gasteiger partial charge in [-0.25, -0.2) is 13.1 Å². The van der Waals surface area contributed by atoms with Crippen molar-refractivity contribution in [3.05, 3.63) is 28.8 Å². The lowest BCUT2D eigenvalue weighted by atomic mass is 10.2. The molecule has 1 unspecified atom stereocenters. The molecule has 1 atom stereocenters. The second-order valence-corrected chi connectivity index (χ2v) is 7.93. The van der Waals surface area contributed by atoms with Crippen LogP contribution in [0.3, 0.4) is 0 Å². The van der Waals surface area contributed by atoms with Crippen LogP contribution in [0, 0.1) is 0 Å². The summed E-state index contributed by atoms with van der Waals surface area (Å²) in [5.74, 6) is 1.94. The summed E-state index contributed by atoms with van der Waals surface area (Å²) in [6, 6.07) is 4.20. The number of hydrogen-bond acceptors (Lipinski definition) is 4. The van der Waals surface area contributed by atoms with E-state index in [1.807, 2.05) is 6.92 Å². The van der Waals surface area contributed by atoms with Gasteiger partial charge in [-0.05, 0) is 48.6 Å². The van der Waals surface area contributed by atoms with E-state index >= 15 is 0 Å². The Morgan fingerprint density at radius 2 is 2.15 bits per heavy atom. The number of thioether (sulfide) groups is 1. The minimum absolute atomic E-state index is 0.126. The van der Waals surface area contributed by atoms with Crippen LogP contribution in [0.5, 0.6) is 0 Å². The quantitative estimate of drug-likeness (QED) is 0.716. The van der Waals surface area contributed by atoms with Crippen molar-refractivity contribution in [3.8, 4) is 0 Å². The van der Waals surface area contributed by atoms with Gasteiger partial charge in [-0.3, -0.25) is 0 Å². The summed E-state index contributed by atoms with van der Waals surface area (Å²) >= 11 is 7.64. The summed E-state index contributed by atoms with van der Waals surface area (Å²) in [6.07, 6.45) is 0.776. The summed E-state index contributed by atoms with van der Waals surface area (Å²) in [6.45, 7) is 3.63. The van der Waals surface area contributed by atoms with Crippen molar-refractivity contribution in [2.24, 2.45) is 0 Å². The largest absolute Gasteiger partial charge is 0.392 e. The normalized spacial score (nSPS) is 13.4. The molecule has 20 heavy (non-hydrogen) atoms. The Hall–Kier alpha value is -0.270. The van der Waals surface area contributed by atoms with E-state index in [9.17, 15) is 8.42 Å². The molecule has 0 amide bonds. The second kappa shape index (κ2) is 8.24. The molecular weight excluding hydrogens is 318 g/mol. The van der Waals surface area contributed by atoms with Crippen molar-refractivity contribution >= 4 is 33.4 Å². The summed E-state index contributed by atoms with van der Waals surface area (Å²) in [5, 5.41) is 9.49. The molecule has 2 N–H and O–H groups in total. The lowest BCUT2D eigenvalue weighted by Crippen LogP contribution is -2.33. The highest BCUT2D eigenvalue weighted by Gasteiger charge is 2.18. The van der Waals surface area contributed by atoms with Crippen LogP contribution in [0.1, 0.15) is 25.8 Å². The van der Waals surface area contributed by atoms with Gasteiger partial charge in [0.05, 0.1) is 11.5 Å². The van der Waals surface area contributed by atoms with Crippen molar-refractivity contribution in [1.82, 2.24) is 4.72 Å². The van der Waals surface area contributed by atoms with Crippen LogP contribution in [0.4, 0.5) is 0 Å². The molecule has 0 bridgehead atoms. The standard InChI is InChI=1S/C13H20ClNO3S2/c1-3-19-7-6-10(2)15-20(17,18)12-4-5-13(14)11(8-12)9-16/h4-5,8,10,15-16H,3,6-7,9H2,1-2H3. The summed E-state index contributed by atoms with van der Waals surface area (Å²) < 4.78 is 27.1. The van der Waals surface area contributed by atoms with Crippen molar-refractivity contribution in [3.63, 3.8) is 0 Å². The third kappa shape index (κ3) is 5.26. The van der Waals surface area contributed by atoms with E-state index < -0.39 is 10.0 Å². The van der Waals surface area contributed by atoms with Gasteiger partial charge in [0.25, 0.3) is 0 Å². The van der Waals surface area contributed by atoms with Crippen LogP contribution in [-0.4, -0.2) is 31.1 Å². The molecule has 114 valence electrons. The molecule has 0 fully saturated rings. The van der Waals surface area contributed by atoms with E-state index in [2.05, 4.69) is 11.6 Å². The third-order valence-electron chi connectivity index (χ3n) is 2.75. The van der Waals surface area contributed by atoms with Crippen molar-refractivity contribution in [2.75, 3.05) is 11.5 Å². The fraction of sp³-hybridized carbons (Fsp3) is 0.538. The molecule has 4 nitrogen and oxygen atoms in total.